The van der Waals surface area contributed by atoms with E-state index in [9.17, 15) is 14.4 Å². The Labute approximate surface area is 130 Å². The maximum absolute atomic E-state index is 12.0. The standard InChI is InChI=1S/C16H15N3O4/c1-10-8-11-9-12(2-3-13(11)23-10)17-14(20)4-6-19-7-5-15(21)18-16(19)22/h2-3,5,7-9H,4,6H2,1H3,(H,17,20)(H,18,21,22). The third-order valence-corrected chi connectivity index (χ3v) is 3.40. The third-order valence-electron chi connectivity index (χ3n) is 3.40. The molecule has 0 aliphatic carbocycles. The van der Waals surface area contributed by atoms with Gasteiger partial charge in [-0.3, -0.25) is 14.6 Å². The lowest BCUT2D eigenvalue weighted by Crippen LogP contribution is -2.29. The number of nitrogens with zero attached hydrogens (tertiary/aromatic N) is 1. The molecule has 23 heavy (non-hydrogen) atoms. The van der Waals surface area contributed by atoms with Crippen LogP contribution in [-0.2, 0) is 11.3 Å². The molecule has 7 heteroatoms. The van der Waals surface area contributed by atoms with Crippen molar-refractivity contribution in [3.05, 3.63) is 63.1 Å². The maximum Gasteiger partial charge on any atom is 0.328 e. The fraction of sp³-hybridized carbons (Fsp3) is 0.188. The highest BCUT2D eigenvalue weighted by Gasteiger charge is 2.06. The summed E-state index contributed by atoms with van der Waals surface area (Å²) in [5.41, 5.74) is 0.442. The summed E-state index contributed by atoms with van der Waals surface area (Å²) in [4.78, 5) is 36.6. The summed E-state index contributed by atoms with van der Waals surface area (Å²) in [5, 5.41) is 3.69. The zero-order chi connectivity index (χ0) is 16.4. The van der Waals surface area contributed by atoms with Crippen molar-refractivity contribution in [3.63, 3.8) is 0 Å². The quantitative estimate of drug-likeness (QED) is 0.765. The fourth-order valence-corrected chi connectivity index (χ4v) is 2.32. The highest BCUT2D eigenvalue weighted by Crippen LogP contribution is 2.22. The number of anilines is 1. The monoisotopic (exact) mass is 313 g/mol. The number of fused-ring (bicyclic) bond motifs is 1. The molecule has 2 N–H and O–H groups in total. The van der Waals surface area contributed by atoms with Crippen LogP contribution < -0.4 is 16.6 Å². The summed E-state index contributed by atoms with van der Waals surface area (Å²) >= 11 is 0. The van der Waals surface area contributed by atoms with Crippen LogP contribution in [0.25, 0.3) is 11.0 Å². The lowest BCUT2D eigenvalue weighted by Gasteiger charge is -2.06. The van der Waals surface area contributed by atoms with Crippen LogP contribution in [0.1, 0.15) is 12.2 Å². The van der Waals surface area contributed by atoms with Crippen molar-refractivity contribution in [3.8, 4) is 0 Å². The molecule has 3 aromatic rings. The molecule has 1 amide bonds. The van der Waals surface area contributed by atoms with Gasteiger partial charge in [-0.1, -0.05) is 0 Å². The van der Waals surface area contributed by atoms with Crippen molar-refractivity contribution in [2.45, 2.75) is 19.9 Å². The largest absolute Gasteiger partial charge is 0.461 e. The first-order chi connectivity index (χ1) is 11.0. The Kier molecular flexibility index (Phi) is 3.84. The van der Waals surface area contributed by atoms with Crippen LogP contribution >= 0.6 is 0 Å². The van der Waals surface area contributed by atoms with E-state index in [-0.39, 0.29) is 18.9 Å². The molecule has 0 bridgehead atoms. The third kappa shape index (κ3) is 3.39. The molecule has 2 aromatic heterocycles. The van der Waals surface area contributed by atoms with Crippen LogP contribution in [-0.4, -0.2) is 15.5 Å². The number of H-pyrrole nitrogens is 1. The van der Waals surface area contributed by atoms with E-state index in [1.807, 2.05) is 19.1 Å². The summed E-state index contributed by atoms with van der Waals surface area (Å²) in [6.07, 6.45) is 1.49. The Morgan fingerprint density at radius 3 is 2.87 bits per heavy atom. The normalized spacial score (nSPS) is 10.8. The van der Waals surface area contributed by atoms with E-state index in [1.54, 1.807) is 12.1 Å². The van der Waals surface area contributed by atoms with E-state index < -0.39 is 11.2 Å². The Balaban J connectivity index is 1.66. The van der Waals surface area contributed by atoms with Crippen molar-refractivity contribution in [1.29, 1.82) is 0 Å². The number of hydrogen-bond acceptors (Lipinski definition) is 4. The molecular weight excluding hydrogens is 298 g/mol. The van der Waals surface area contributed by atoms with E-state index in [0.717, 1.165) is 16.7 Å². The van der Waals surface area contributed by atoms with E-state index in [2.05, 4.69) is 10.3 Å². The molecule has 0 atom stereocenters. The SMILES string of the molecule is Cc1cc2cc(NC(=O)CCn3ccc(=O)[nH]c3=O)ccc2o1. The molecule has 0 fully saturated rings. The van der Waals surface area contributed by atoms with Gasteiger partial charge < -0.3 is 14.3 Å². The number of aromatic amines is 1. The van der Waals surface area contributed by atoms with Crippen molar-refractivity contribution in [1.82, 2.24) is 9.55 Å². The van der Waals surface area contributed by atoms with Crippen LogP contribution in [0, 0.1) is 6.92 Å². The smallest absolute Gasteiger partial charge is 0.328 e. The number of benzene rings is 1. The summed E-state index contributed by atoms with van der Waals surface area (Å²) in [7, 11) is 0. The number of rotatable bonds is 4. The first kappa shape index (κ1) is 14.8. The fourth-order valence-electron chi connectivity index (χ4n) is 2.32. The first-order valence-corrected chi connectivity index (χ1v) is 7.11. The van der Waals surface area contributed by atoms with E-state index in [1.165, 1.54) is 16.8 Å². The summed E-state index contributed by atoms with van der Waals surface area (Å²) in [5.74, 6) is 0.587. The molecule has 0 aliphatic heterocycles. The predicted octanol–water partition coefficient (Wildman–Crippen LogP) is 1.62. The number of aryl methyl sites for hydroxylation is 2. The number of carbonyl (C=O) groups is 1. The summed E-state index contributed by atoms with van der Waals surface area (Å²) in [6, 6.07) is 8.52. The summed E-state index contributed by atoms with van der Waals surface area (Å²) in [6.45, 7) is 2.05. The molecule has 0 radical (unpaired) electrons. The van der Waals surface area contributed by atoms with E-state index in [0.29, 0.717) is 5.69 Å². The predicted molar refractivity (Wildman–Crippen MR) is 85.5 cm³/mol. The minimum Gasteiger partial charge on any atom is -0.461 e. The second kappa shape index (κ2) is 5.96. The van der Waals surface area contributed by atoms with Gasteiger partial charge in [-0.15, -0.1) is 0 Å². The minimum atomic E-state index is -0.527. The number of nitrogens with one attached hydrogen (secondary N) is 2. The van der Waals surface area contributed by atoms with Gasteiger partial charge in [0.1, 0.15) is 11.3 Å². The average Bonchev–Trinajstić information content (AvgIpc) is 2.85. The molecule has 2 heterocycles. The molecule has 0 saturated carbocycles. The Morgan fingerprint density at radius 2 is 2.09 bits per heavy atom. The van der Waals surface area contributed by atoms with Crippen LogP contribution in [0.3, 0.4) is 0 Å². The lowest BCUT2D eigenvalue weighted by molar-refractivity contribution is -0.116. The van der Waals surface area contributed by atoms with Crippen LogP contribution in [0.4, 0.5) is 5.69 Å². The van der Waals surface area contributed by atoms with Crippen LogP contribution in [0.5, 0.6) is 0 Å². The van der Waals surface area contributed by atoms with Gasteiger partial charge in [0.25, 0.3) is 5.56 Å². The Bertz CT molecular complexity index is 981. The molecule has 0 spiro atoms. The van der Waals surface area contributed by atoms with Gasteiger partial charge in [0.05, 0.1) is 0 Å². The summed E-state index contributed by atoms with van der Waals surface area (Å²) < 4.78 is 6.76. The van der Waals surface area contributed by atoms with Gasteiger partial charge in [0.2, 0.25) is 5.91 Å². The van der Waals surface area contributed by atoms with Gasteiger partial charge in [-0.05, 0) is 31.2 Å². The maximum atomic E-state index is 12.0. The zero-order valence-corrected chi connectivity index (χ0v) is 12.5. The molecule has 7 nitrogen and oxygen atoms in total. The molecular formula is C16H15N3O4. The second-order valence-electron chi connectivity index (χ2n) is 5.21. The van der Waals surface area contributed by atoms with Crippen molar-refractivity contribution >= 4 is 22.6 Å². The Hall–Kier alpha value is -3.09. The Morgan fingerprint density at radius 1 is 1.26 bits per heavy atom. The molecule has 0 saturated heterocycles. The number of aromatic nitrogens is 2. The molecule has 1 aromatic carbocycles. The molecule has 3 rings (SSSR count). The first-order valence-electron chi connectivity index (χ1n) is 7.11. The van der Waals surface area contributed by atoms with Crippen molar-refractivity contribution < 1.29 is 9.21 Å². The van der Waals surface area contributed by atoms with Gasteiger partial charge in [-0.25, -0.2) is 4.79 Å². The highest BCUT2D eigenvalue weighted by atomic mass is 16.3. The second-order valence-corrected chi connectivity index (χ2v) is 5.21. The number of hydrogen-bond donors (Lipinski definition) is 2. The molecule has 118 valence electrons. The number of amides is 1. The average molecular weight is 313 g/mol. The van der Waals surface area contributed by atoms with Gasteiger partial charge in [-0.2, -0.15) is 0 Å². The van der Waals surface area contributed by atoms with E-state index in [4.69, 9.17) is 4.42 Å². The zero-order valence-electron chi connectivity index (χ0n) is 12.5. The number of furan rings is 1. The molecule has 0 aliphatic rings. The minimum absolute atomic E-state index is 0.119. The van der Waals surface area contributed by atoms with Gasteiger partial charge in [0, 0.05) is 36.3 Å². The lowest BCUT2D eigenvalue weighted by atomic mass is 10.2. The number of carbonyl (C=O) groups excluding carboxylic acids is 1. The molecule has 0 unspecified atom stereocenters. The van der Waals surface area contributed by atoms with Gasteiger partial charge in [0.15, 0.2) is 0 Å². The highest BCUT2D eigenvalue weighted by molar-refractivity contribution is 5.93. The van der Waals surface area contributed by atoms with Crippen molar-refractivity contribution in [2.75, 3.05) is 5.32 Å². The van der Waals surface area contributed by atoms with Gasteiger partial charge >= 0.3 is 5.69 Å². The van der Waals surface area contributed by atoms with Crippen LogP contribution in [0.15, 0.2) is 50.5 Å². The van der Waals surface area contributed by atoms with E-state index >= 15 is 0 Å². The topological polar surface area (TPSA) is 97.1 Å². The van der Waals surface area contributed by atoms with Crippen molar-refractivity contribution in [2.24, 2.45) is 0 Å². The van der Waals surface area contributed by atoms with Crippen LogP contribution in [0.2, 0.25) is 0 Å².